The van der Waals surface area contributed by atoms with E-state index < -0.39 is 0 Å². The third kappa shape index (κ3) is 1.69. The monoisotopic (exact) mass is 216 g/mol. The summed E-state index contributed by atoms with van der Waals surface area (Å²) in [5, 5.41) is 0. The van der Waals surface area contributed by atoms with Crippen LogP contribution in [0.1, 0.15) is 0 Å². The zero-order valence-corrected chi connectivity index (χ0v) is 8.83. The Morgan fingerprint density at radius 3 is 2.94 bits per heavy atom. The van der Waals surface area contributed by atoms with Gasteiger partial charge in [-0.05, 0) is 12.1 Å². The summed E-state index contributed by atoms with van der Waals surface area (Å²) in [6.45, 7) is 3.26. The molecule has 5 heteroatoms. The van der Waals surface area contributed by atoms with Crippen LogP contribution in [0.2, 0.25) is 0 Å². The highest BCUT2D eigenvalue weighted by Gasteiger charge is 2.13. The first-order chi connectivity index (χ1) is 7.93. The van der Waals surface area contributed by atoms with Crippen LogP contribution in [0.15, 0.2) is 24.5 Å². The molecule has 0 radical (unpaired) electrons. The van der Waals surface area contributed by atoms with Gasteiger partial charge in [0.1, 0.15) is 11.3 Å². The predicted octanol–water partition coefficient (Wildman–Crippen LogP) is 0.861. The second-order valence-corrected chi connectivity index (χ2v) is 3.67. The normalized spacial score (nSPS) is 16.6. The van der Waals surface area contributed by atoms with E-state index in [2.05, 4.69) is 19.9 Å². The average Bonchev–Trinajstić information content (AvgIpc) is 2.39. The Kier molecular flexibility index (Phi) is 2.38. The Hall–Kier alpha value is -1.75. The maximum Gasteiger partial charge on any atom is 0.178 e. The summed E-state index contributed by atoms with van der Waals surface area (Å²) in [5.74, 6) is 0.906. The van der Waals surface area contributed by atoms with Crippen LogP contribution in [0, 0.1) is 0 Å². The molecule has 1 aliphatic heterocycles. The lowest BCUT2D eigenvalue weighted by Gasteiger charge is -2.27. The van der Waals surface area contributed by atoms with Crippen LogP contribution < -0.4 is 4.90 Å². The Balaban J connectivity index is 1.97. The van der Waals surface area contributed by atoms with Gasteiger partial charge >= 0.3 is 0 Å². The number of anilines is 1. The first kappa shape index (κ1) is 9.47. The maximum absolute atomic E-state index is 5.31. The number of pyridine rings is 1. The van der Waals surface area contributed by atoms with Crippen molar-refractivity contribution in [2.24, 2.45) is 0 Å². The van der Waals surface area contributed by atoms with Crippen LogP contribution in [-0.4, -0.2) is 41.3 Å². The van der Waals surface area contributed by atoms with Crippen molar-refractivity contribution in [2.75, 3.05) is 31.2 Å². The molecule has 0 saturated carbocycles. The molecule has 2 aromatic rings. The van der Waals surface area contributed by atoms with Gasteiger partial charge in [-0.15, -0.1) is 0 Å². The lowest BCUT2D eigenvalue weighted by atomic mass is 10.4. The van der Waals surface area contributed by atoms with Gasteiger partial charge in [0.2, 0.25) is 0 Å². The summed E-state index contributed by atoms with van der Waals surface area (Å²) in [7, 11) is 0. The van der Waals surface area contributed by atoms with Crippen LogP contribution in [0.5, 0.6) is 0 Å². The number of hydrogen-bond donors (Lipinski definition) is 0. The molecule has 1 aliphatic rings. The van der Waals surface area contributed by atoms with Gasteiger partial charge in [-0.2, -0.15) is 0 Å². The number of aromatic nitrogens is 3. The smallest absolute Gasteiger partial charge is 0.178 e. The third-order valence-corrected chi connectivity index (χ3v) is 2.64. The largest absolute Gasteiger partial charge is 0.378 e. The molecule has 0 aromatic carbocycles. The second-order valence-electron chi connectivity index (χ2n) is 3.67. The Labute approximate surface area is 93.1 Å². The van der Waals surface area contributed by atoms with E-state index in [1.807, 2.05) is 12.1 Å². The summed E-state index contributed by atoms with van der Waals surface area (Å²) in [5.41, 5.74) is 1.53. The van der Waals surface area contributed by atoms with Gasteiger partial charge in [-0.1, -0.05) is 0 Å². The number of morpholine rings is 1. The number of ether oxygens (including phenoxy) is 1. The van der Waals surface area contributed by atoms with E-state index in [1.54, 1.807) is 12.4 Å². The van der Waals surface area contributed by atoms with E-state index in [0.29, 0.717) is 5.65 Å². The van der Waals surface area contributed by atoms with Crippen molar-refractivity contribution in [1.82, 2.24) is 15.0 Å². The molecule has 1 fully saturated rings. The van der Waals surface area contributed by atoms with Crippen molar-refractivity contribution in [2.45, 2.75) is 0 Å². The lowest BCUT2D eigenvalue weighted by molar-refractivity contribution is 0.122. The molecule has 3 heterocycles. The van der Waals surface area contributed by atoms with Crippen molar-refractivity contribution in [1.29, 1.82) is 0 Å². The number of fused-ring (bicyclic) bond motifs is 1. The fourth-order valence-electron chi connectivity index (χ4n) is 1.79. The summed E-state index contributed by atoms with van der Waals surface area (Å²) < 4.78 is 5.31. The van der Waals surface area contributed by atoms with Gasteiger partial charge in [0.25, 0.3) is 0 Å². The van der Waals surface area contributed by atoms with E-state index in [-0.39, 0.29) is 0 Å². The molecule has 0 spiro atoms. The van der Waals surface area contributed by atoms with Crippen LogP contribution >= 0.6 is 0 Å². The molecule has 1 saturated heterocycles. The minimum atomic E-state index is 0.694. The summed E-state index contributed by atoms with van der Waals surface area (Å²) in [4.78, 5) is 15.2. The van der Waals surface area contributed by atoms with Gasteiger partial charge in [-0.25, -0.2) is 15.0 Å². The SMILES string of the molecule is c1cnc2ncc(N3CCOCC3)nc2c1. The van der Waals surface area contributed by atoms with Crippen molar-refractivity contribution >= 4 is 17.0 Å². The summed E-state index contributed by atoms with van der Waals surface area (Å²) in [6, 6.07) is 3.80. The molecular weight excluding hydrogens is 204 g/mol. The molecule has 0 aliphatic carbocycles. The Morgan fingerprint density at radius 1 is 1.19 bits per heavy atom. The lowest BCUT2D eigenvalue weighted by Crippen LogP contribution is -2.36. The Morgan fingerprint density at radius 2 is 2.06 bits per heavy atom. The first-order valence-electron chi connectivity index (χ1n) is 5.34. The van der Waals surface area contributed by atoms with Crippen LogP contribution in [0.4, 0.5) is 5.82 Å². The van der Waals surface area contributed by atoms with Gasteiger partial charge in [-0.3, -0.25) is 0 Å². The molecule has 2 aromatic heterocycles. The fraction of sp³-hybridized carbons (Fsp3) is 0.364. The minimum absolute atomic E-state index is 0.694. The second kappa shape index (κ2) is 4.02. The van der Waals surface area contributed by atoms with E-state index in [0.717, 1.165) is 37.6 Å². The number of rotatable bonds is 1. The van der Waals surface area contributed by atoms with Crippen LogP contribution in [0.3, 0.4) is 0 Å². The molecule has 5 nitrogen and oxygen atoms in total. The van der Waals surface area contributed by atoms with E-state index >= 15 is 0 Å². The highest BCUT2D eigenvalue weighted by molar-refractivity contribution is 5.70. The van der Waals surface area contributed by atoms with Gasteiger partial charge in [0.05, 0.1) is 19.4 Å². The molecular formula is C11H12N4O. The van der Waals surface area contributed by atoms with Gasteiger partial charge in [0, 0.05) is 19.3 Å². The van der Waals surface area contributed by atoms with Crippen molar-refractivity contribution < 1.29 is 4.74 Å². The van der Waals surface area contributed by atoms with Gasteiger partial charge < -0.3 is 9.64 Å². The van der Waals surface area contributed by atoms with Gasteiger partial charge in [0.15, 0.2) is 5.65 Å². The van der Waals surface area contributed by atoms with Crippen molar-refractivity contribution in [3.63, 3.8) is 0 Å². The van der Waals surface area contributed by atoms with Crippen LogP contribution in [-0.2, 0) is 4.74 Å². The standard InChI is InChI=1S/C11H12N4O/c1-2-9-11(12-3-1)13-8-10(14-9)15-4-6-16-7-5-15/h1-3,8H,4-7H2. The molecule has 0 atom stereocenters. The molecule has 0 bridgehead atoms. The topological polar surface area (TPSA) is 51.1 Å². The molecule has 0 N–H and O–H groups in total. The Bertz CT molecular complexity index is 496. The van der Waals surface area contributed by atoms with E-state index in [4.69, 9.17) is 4.74 Å². The van der Waals surface area contributed by atoms with E-state index in [9.17, 15) is 0 Å². The average molecular weight is 216 g/mol. The fourth-order valence-corrected chi connectivity index (χ4v) is 1.79. The van der Waals surface area contributed by atoms with Crippen molar-refractivity contribution in [3.8, 4) is 0 Å². The highest BCUT2D eigenvalue weighted by Crippen LogP contribution is 2.14. The number of hydrogen-bond acceptors (Lipinski definition) is 5. The summed E-state index contributed by atoms with van der Waals surface area (Å²) in [6.07, 6.45) is 3.51. The summed E-state index contributed by atoms with van der Waals surface area (Å²) >= 11 is 0. The molecule has 0 unspecified atom stereocenters. The first-order valence-corrected chi connectivity index (χ1v) is 5.34. The zero-order valence-electron chi connectivity index (χ0n) is 8.83. The minimum Gasteiger partial charge on any atom is -0.378 e. The predicted molar refractivity (Wildman–Crippen MR) is 60.4 cm³/mol. The number of nitrogens with zero attached hydrogens (tertiary/aromatic N) is 4. The zero-order chi connectivity index (χ0) is 10.8. The third-order valence-electron chi connectivity index (χ3n) is 2.64. The highest BCUT2D eigenvalue weighted by atomic mass is 16.5. The van der Waals surface area contributed by atoms with Crippen LogP contribution in [0.25, 0.3) is 11.2 Å². The van der Waals surface area contributed by atoms with E-state index in [1.165, 1.54) is 0 Å². The quantitative estimate of drug-likeness (QED) is 0.707. The molecule has 16 heavy (non-hydrogen) atoms. The maximum atomic E-state index is 5.31. The molecule has 0 amide bonds. The molecule has 3 rings (SSSR count). The molecule has 82 valence electrons. The van der Waals surface area contributed by atoms with Crippen molar-refractivity contribution in [3.05, 3.63) is 24.5 Å².